The molecule has 0 unspecified atom stereocenters. The van der Waals surface area contributed by atoms with Gasteiger partial charge in [-0.3, -0.25) is 9.21 Å². The van der Waals surface area contributed by atoms with E-state index >= 15 is 0 Å². The molecule has 1 N–H and O–H groups in total. The summed E-state index contributed by atoms with van der Waals surface area (Å²) in [7, 11) is -3.72. The molecule has 0 radical (unpaired) electrons. The monoisotopic (exact) mass is 376 g/mol. The topological polar surface area (TPSA) is 60.9 Å². The van der Waals surface area contributed by atoms with Gasteiger partial charge in [-0.15, -0.1) is 0 Å². The molecule has 2 aliphatic rings. The van der Waals surface area contributed by atoms with Gasteiger partial charge >= 0.3 is 0 Å². The number of sulfonamides is 1. The maximum atomic E-state index is 13.9. The lowest BCUT2D eigenvalue weighted by atomic mass is 10.0. The first-order chi connectivity index (χ1) is 12.4. The Labute approximate surface area is 152 Å². The van der Waals surface area contributed by atoms with E-state index < -0.39 is 20.9 Å². The molecule has 2 atom stereocenters. The van der Waals surface area contributed by atoms with Gasteiger partial charge in [0, 0.05) is 25.2 Å². The van der Waals surface area contributed by atoms with Crippen LogP contribution in [0.1, 0.15) is 12.0 Å². The Hall–Kier alpha value is -1.96. The minimum atomic E-state index is -3.72. The summed E-state index contributed by atoms with van der Waals surface area (Å²) in [6.45, 7) is 1.10. The van der Waals surface area contributed by atoms with Gasteiger partial charge in [0.05, 0.1) is 18.3 Å². The van der Waals surface area contributed by atoms with E-state index in [0.717, 1.165) is 0 Å². The molecule has 0 aliphatic carbocycles. The van der Waals surface area contributed by atoms with E-state index in [-0.39, 0.29) is 18.9 Å². The largest absolute Gasteiger partial charge is 0.389 e. The smallest absolute Gasteiger partial charge is 0.244 e. The van der Waals surface area contributed by atoms with Crippen molar-refractivity contribution < 1.29 is 17.9 Å². The lowest BCUT2D eigenvalue weighted by Gasteiger charge is -2.27. The third kappa shape index (κ3) is 2.62. The maximum absolute atomic E-state index is 13.9. The van der Waals surface area contributed by atoms with Crippen molar-refractivity contribution in [1.29, 1.82) is 0 Å². The number of benzene rings is 2. The maximum Gasteiger partial charge on any atom is 0.244 e. The number of halogens is 1. The van der Waals surface area contributed by atoms with Gasteiger partial charge in [-0.05, 0) is 24.6 Å². The highest BCUT2D eigenvalue weighted by molar-refractivity contribution is 7.94. The van der Waals surface area contributed by atoms with Gasteiger partial charge in [0.25, 0.3) is 0 Å². The number of nitrogens with zero attached hydrogens (tertiary/aromatic N) is 2. The number of hydrogen-bond donors (Lipinski definition) is 1. The van der Waals surface area contributed by atoms with E-state index in [1.165, 1.54) is 10.4 Å². The van der Waals surface area contributed by atoms with Gasteiger partial charge in [0.15, 0.2) is 0 Å². The molecule has 0 saturated carbocycles. The highest BCUT2D eigenvalue weighted by Crippen LogP contribution is 2.43. The van der Waals surface area contributed by atoms with Gasteiger partial charge in [-0.25, -0.2) is 12.8 Å². The predicted octanol–water partition coefficient (Wildman–Crippen LogP) is 1.98. The van der Waals surface area contributed by atoms with Crippen molar-refractivity contribution in [1.82, 2.24) is 4.90 Å². The van der Waals surface area contributed by atoms with Crippen LogP contribution in [0.4, 0.5) is 10.1 Å². The summed E-state index contributed by atoms with van der Waals surface area (Å²) in [5, 5.41) is 10.7. The van der Waals surface area contributed by atoms with Gasteiger partial charge in [0.1, 0.15) is 10.6 Å². The third-order valence-corrected chi connectivity index (χ3v) is 8.06. The molecule has 4 rings (SSSR count). The summed E-state index contributed by atoms with van der Waals surface area (Å²) in [4.78, 5) is 1.91. The highest BCUT2D eigenvalue weighted by atomic mass is 32.2. The van der Waals surface area contributed by atoms with Crippen molar-refractivity contribution in [3.8, 4) is 0 Å². The van der Waals surface area contributed by atoms with Crippen LogP contribution in [0.2, 0.25) is 0 Å². The molecule has 0 bridgehead atoms. The summed E-state index contributed by atoms with van der Waals surface area (Å²) in [6, 6.07) is 15.4. The Morgan fingerprint density at radius 2 is 1.81 bits per heavy atom. The number of anilines is 1. The number of para-hydroxylation sites is 1. The molecule has 2 fully saturated rings. The van der Waals surface area contributed by atoms with Crippen LogP contribution >= 0.6 is 0 Å². The number of β-amino-alcohol motifs (C(OH)–C–C–N with tert-alkyl or cyclic N) is 1. The first-order valence-electron chi connectivity index (χ1n) is 8.65. The molecular formula is C19H21FN2O3S. The van der Waals surface area contributed by atoms with E-state index in [0.29, 0.717) is 30.8 Å². The van der Waals surface area contributed by atoms with Crippen molar-refractivity contribution in [2.45, 2.75) is 23.8 Å². The second-order valence-corrected chi connectivity index (χ2v) is 9.21. The number of likely N-dealkylation sites (tertiary alicyclic amines) is 1. The van der Waals surface area contributed by atoms with Crippen molar-refractivity contribution >= 4 is 15.7 Å². The molecule has 7 heteroatoms. The van der Waals surface area contributed by atoms with Crippen LogP contribution in [-0.2, 0) is 16.6 Å². The third-order valence-electron chi connectivity index (χ3n) is 5.49. The lowest BCUT2D eigenvalue weighted by Crippen LogP contribution is -2.47. The Kier molecular flexibility index (Phi) is 4.25. The summed E-state index contributed by atoms with van der Waals surface area (Å²) in [5.41, 5.74) is 1.10. The number of hydrogen-bond acceptors (Lipinski definition) is 4. The SMILES string of the molecule is O=S1(=O)N(c2ccccc2)C[C@@H](O)[C@]12CCN(Cc1ccccc1F)C2. The molecule has 0 aromatic heterocycles. The summed E-state index contributed by atoms with van der Waals surface area (Å²) in [6.07, 6.45) is -0.632. The van der Waals surface area contributed by atoms with Crippen molar-refractivity contribution in [3.05, 3.63) is 66.0 Å². The fraction of sp³-hybridized carbons (Fsp3) is 0.368. The molecule has 138 valence electrons. The second kappa shape index (κ2) is 6.33. The highest BCUT2D eigenvalue weighted by Gasteiger charge is 2.61. The van der Waals surface area contributed by atoms with Crippen molar-refractivity contribution in [2.24, 2.45) is 0 Å². The first kappa shape index (κ1) is 17.5. The van der Waals surface area contributed by atoms with Crippen LogP contribution in [0.25, 0.3) is 0 Å². The summed E-state index contributed by atoms with van der Waals surface area (Å²) >= 11 is 0. The van der Waals surface area contributed by atoms with Crippen molar-refractivity contribution in [3.63, 3.8) is 0 Å². The number of aliphatic hydroxyl groups excluding tert-OH is 1. The molecule has 2 saturated heterocycles. The van der Waals surface area contributed by atoms with E-state index in [1.54, 1.807) is 42.5 Å². The first-order valence-corrected chi connectivity index (χ1v) is 10.1. The van der Waals surface area contributed by atoms with Crippen LogP contribution in [0.15, 0.2) is 54.6 Å². The van der Waals surface area contributed by atoms with Crippen LogP contribution in [0.5, 0.6) is 0 Å². The Balaban J connectivity index is 1.60. The number of aliphatic hydroxyl groups is 1. The number of rotatable bonds is 3. The van der Waals surface area contributed by atoms with Crippen LogP contribution in [-0.4, -0.2) is 48.9 Å². The molecule has 0 amide bonds. The molecular weight excluding hydrogens is 355 g/mol. The minimum Gasteiger partial charge on any atom is -0.389 e. The second-order valence-electron chi connectivity index (χ2n) is 7.00. The zero-order valence-corrected chi connectivity index (χ0v) is 15.1. The van der Waals surface area contributed by atoms with E-state index in [2.05, 4.69) is 0 Å². The van der Waals surface area contributed by atoms with E-state index in [9.17, 15) is 17.9 Å². The molecule has 5 nitrogen and oxygen atoms in total. The predicted molar refractivity (Wildman–Crippen MR) is 97.7 cm³/mol. The quantitative estimate of drug-likeness (QED) is 0.890. The standard InChI is InChI=1S/C19H21FN2O3S/c20-17-9-5-4-6-15(17)12-21-11-10-19(14-21)18(23)13-22(26(19,24)25)16-7-2-1-3-8-16/h1-9,18,23H,10-14H2/t18-,19-/m1/s1. The zero-order valence-electron chi connectivity index (χ0n) is 14.3. The van der Waals surface area contributed by atoms with Gasteiger partial charge in [-0.1, -0.05) is 36.4 Å². The van der Waals surface area contributed by atoms with E-state index in [1.807, 2.05) is 11.0 Å². The van der Waals surface area contributed by atoms with E-state index in [4.69, 9.17) is 0 Å². The Bertz CT molecular complexity index is 906. The molecule has 1 spiro atoms. The van der Waals surface area contributed by atoms with Gasteiger partial charge < -0.3 is 5.11 Å². The molecule has 2 heterocycles. The average molecular weight is 376 g/mol. The normalized spacial score (nSPS) is 28.1. The Morgan fingerprint density at radius 3 is 2.54 bits per heavy atom. The van der Waals surface area contributed by atoms with Crippen molar-refractivity contribution in [2.75, 3.05) is 23.9 Å². The Morgan fingerprint density at radius 1 is 1.12 bits per heavy atom. The average Bonchev–Trinajstić information content (AvgIpc) is 3.15. The van der Waals surface area contributed by atoms with Gasteiger partial charge in [0.2, 0.25) is 10.0 Å². The molecule has 2 aliphatic heterocycles. The molecule has 2 aromatic carbocycles. The zero-order chi connectivity index (χ0) is 18.4. The van der Waals surface area contributed by atoms with Gasteiger partial charge in [-0.2, -0.15) is 0 Å². The van der Waals surface area contributed by atoms with Crippen LogP contribution < -0.4 is 4.31 Å². The molecule has 2 aromatic rings. The minimum absolute atomic E-state index is 0.0554. The molecule has 26 heavy (non-hydrogen) atoms. The van der Waals surface area contributed by atoms with Crippen LogP contribution in [0.3, 0.4) is 0 Å². The lowest BCUT2D eigenvalue weighted by molar-refractivity contribution is 0.143. The van der Waals surface area contributed by atoms with Crippen LogP contribution in [0, 0.1) is 5.82 Å². The fourth-order valence-corrected chi connectivity index (χ4v) is 6.31. The summed E-state index contributed by atoms with van der Waals surface area (Å²) < 4.78 is 40.5. The fourth-order valence-electron chi connectivity index (χ4n) is 4.02. The summed E-state index contributed by atoms with van der Waals surface area (Å²) in [5.74, 6) is -0.297.